The van der Waals surface area contributed by atoms with Gasteiger partial charge in [-0.25, -0.2) is 5.01 Å². The molecule has 1 aliphatic rings. The number of amides is 1. The molecular weight excluding hydrogens is 224 g/mol. The van der Waals surface area contributed by atoms with Gasteiger partial charge in [0.15, 0.2) is 5.69 Å². The van der Waals surface area contributed by atoms with E-state index >= 15 is 0 Å². The zero-order chi connectivity index (χ0) is 12.1. The molecule has 17 heavy (non-hydrogen) atoms. The van der Waals surface area contributed by atoms with Gasteiger partial charge in [0.1, 0.15) is 0 Å². The van der Waals surface area contributed by atoms with Crippen LogP contribution in [0.15, 0.2) is 6.20 Å². The third-order valence-electron chi connectivity index (χ3n) is 2.40. The third-order valence-corrected chi connectivity index (χ3v) is 2.40. The summed E-state index contributed by atoms with van der Waals surface area (Å²) in [5.41, 5.74) is 8.44. The van der Waals surface area contributed by atoms with Crippen molar-refractivity contribution < 1.29 is 9.53 Å². The van der Waals surface area contributed by atoms with Crippen molar-refractivity contribution in [2.75, 3.05) is 32.8 Å². The topological polar surface area (TPSA) is 98.3 Å². The SMILES string of the molecule is NCCn1cc(C(=O)NN2CCOCC2)nn1. The van der Waals surface area contributed by atoms with Crippen molar-refractivity contribution in [2.24, 2.45) is 5.73 Å². The van der Waals surface area contributed by atoms with E-state index in [4.69, 9.17) is 10.5 Å². The van der Waals surface area contributed by atoms with Crippen LogP contribution in [0.25, 0.3) is 0 Å². The molecule has 2 rings (SSSR count). The zero-order valence-electron chi connectivity index (χ0n) is 9.50. The van der Waals surface area contributed by atoms with E-state index < -0.39 is 0 Å². The number of hydrogen-bond acceptors (Lipinski definition) is 6. The predicted octanol–water partition coefficient (Wildman–Crippen LogP) is -1.79. The Morgan fingerprint density at radius 1 is 1.53 bits per heavy atom. The van der Waals surface area contributed by atoms with Crippen LogP contribution < -0.4 is 11.2 Å². The number of aromatic nitrogens is 3. The Balaban J connectivity index is 1.89. The predicted molar refractivity (Wildman–Crippen MR) is 58.9 cm³/mol. The van der Waals surface area contributed by atoms with Crippen LogP contribution in [0, 0.1) is 0 Å². The first-order valence-electron chi connectivity index (χ1n) is 5.53. The highest BCUT2D eigenvalue weighted by Gasteiger charge is 2.16. The molecule has 2 heterocycles. The molecule has 8 heteroatoms. The van der Waals surface area contributed by atoms with Crippen LogP contribution >= 0.6 is 0 Å². The second-order valence-electron chi connectivity index (χ2n) is 3.70. The van der Waals surface area contributed by atoms with Crippen molar-refractivity contribution in [3.63, 3.8) is 0 Å². The fourth-order valence-corrected chi connectivity index (χ4v) is 1.52. The normalized spacial score (nSPS) is 17.0. The molecule has 0 bridgehead atoms. The second-order valence-corrected chi connectivity index (χ2v) is 3.70. The van der Waals surface area contributed by atoms with Crippen LogP contribution in [0.5, 0.6) is 0 Å². The van der Waals surface area contributed by atoms with Gasteiger partial charge in [-0.1, -0.05) is 5.21 Å². The van der Waals surface area contributed by atoms with E-state index in [1.807, 2.05) is 5.01 Å². The van der Waals surface area contributed by atoms with E-state index in [1.54, 1.807) is 10.9 Å². The summed E-state index contributed by atoms with van der Waals surface area (Å²) in [4.78, 5) is 11.8. The summed E-state index contributed by atoms with van der Waals surface area (Å²) < 4.78 is 6.73. The molecule has 1 saturated heterocycles. The lowest BCUT2D eigenvalue weighted by Gasteiger charge is -2.26. The Hall–Kier alpha value is -1.51. The van der Waals surface area contributed by atoms with Gasteiger partial charge in [-0.3, -0.25) is 14.9 Å². The summed E-state index contributed by atoms with van der Waals surface area (Å²) in [7, 11) is 0. The number of nitrogens with one attached hydrogen (secondary N) is 1. The molecule has 0 saturated carbocycles. The fourth-order valence-electron chi connectivity index (χ4n) is 1.52. The molecule has 94 valence electrons. The first-order valence-corrected chi connectivity index (χ1v) is 5.53. The van der Waals surface area contributed by atoms with Gasteiger partial charge >= 0.3 is 0 Å². The van der Waals surface area contributed by atoms with Crippen LogP contribution in [0.4, 0.5) is 0 Å². The molecule has 0 spiro atoms. The van der Waals surface area contributed by atoms with E-state index in [2.05, 4.69) is 15.7 Å². The molecule has 0 unspecified atom stereocenters. The summed E-state index contributed by atoms with van der Waals surface area (Å²) in [5, 5.41) is 9.40. The van der Waals surface area contributed by atoms with E-state index in [9.17, 15) is 4.79 Å². The van der Waals surface area contributed by atoms with Gasteiger partial charge in [-0.2, -0.15) is 0 Å². The Labute approximate surface area is 98.7 Å². The van der Waals surface area contributed by atoms with Crippen LogP contribution in [0.3, 0.4) is 0 Å². The minimum absolute atomic E-state index is 0.254. The minimum Gasteiger partial charge on any atom is -0.379 e. The van der Waals surface area contributed by atoms with Crippen LogP contribution in [-0.4, -0.2) is 58.8 Å². The summed E-state index contributed by atoms with van der Waals surface area (Å²) in [6, 6.07) is 0. The van der Waals surface area contributed by atoms with E-state index in [0.29, 0.717) is 45.1 Å². The lowest BCUT2D eigenvalue weighted by atomic mass is 10.4. The van der Waals surface area contributed by atoms with Gasteiger partial charge in [0.2, 0.25) is 0 Å². The van der Waals surface area contributed by atoms with Gasteiger partial charge < -0.3 is 10.5 Å². The lowest BCUT2D eigenvalue weighted by Crippen LogP contribution is -2.48. The molecule has 1 amide bonds. The van der Waals surface area contributed by atoms with Crippen molar-refractivity contribution in [2.45, 2.75) is 6.54 Å². The number of carbonyl (C=O) groups excluding carboxylic acids is 1. The van der Waals surface area contributed by atoms with Gasteiger partial charge in [-0.05, 0) is 0 Å². The highest BCUT2D eigenvalue weighted by atomic mass is 16.5. The van der Waals surface area contributed by atoms with Gasteiger partial charge in [-0.15, -0.1) is 5.10 Å². The van der Waals surface area contributed by atoms with Crippen molar-refractivity contribution in [3.05, 3.63) is 11.9 Å². The van der Waals surface area contributed by atoms with Crippen LogP contribution in [-0.2, 0) is 11.3 Å². The molecule has 1 aliphatic heterocycles. The number of nitrogens with zero attached hydrogens (tertiary/aromatic N) is 4. The van der Waals surface area contributed by atoms with Crippen LogP contribution in [0.2, 0.25) is 0 Å². The average molecular weight is 240 g/mol. The standard InChI is InChI=1S/C9H16N6O2/c10-1-2-15-7-8(11-13-15)9(16)12-14-3-5-17-6-4-14/h7H,1-6,10H2,(H,12,16). The highest BCUT2D eigenvalue weighted by molar-refractivity contribution is 5.91. The Bertz CT molecular complexity index is 373. The van der Waals surface area contributed by atoms with Crippen molar-refractivity contribution in [3.8, 4) is 0 Å². The number of carbonyl (C=O) groups is 1. The second kappa shape index (κ2) is 5.71. The van der Waals surface area contributed by atoms with Crippen molar-refractivity contribution >= 4 is 5.91 Å². The lowest BCUT2D eigenvalue weighted by molar-refractivity contribution is 0.0124. The summed E-state index contributed by atoms with van der Waals surface area (Å²) in [5.74, 6) is -0.254. The molecule has 3 N–H and O–H groups in total. The number of hydrazine groups is 1. The smallest absolute Gasteiger partial charge is 0.287 e. The number of hydrogen-bond donors (Lipinski definition) is 2. The van der Waals surface area contributed by atoms with Gasteiger partial charge in [0.05, 0.1) is 26.0 Å². The highest BCUT2D eigenvalue weighted by Crippen LogP contribution is 1.97. The molecule has 8 nitrogen and oxygen atoms in total. The zero-order valence-corrected chi connectivity index (χ0v) is 9.50. The molecule has 0 atom stereocenters. The van der Waals surface area contributed by atoms with Crippen LogP contribution in [0.1, 0.15) is 10.5 Å². The maximum Gasteiger partial charge on any atom is 0.287 e. The average Bonchev–Trinajstić information content (AvgIpc) is 2.79. The minimum atomic E-state index is -0.254. The van der Waals surface area contributed by atoms with E-state index in [1.165, 1.54) is 0 Å². The van der Waals surface area contributed by atoms with Gasteiger partial charge in [0.25, 0.3) is 5.91 Å². The third kappa shape index (κ3) is 3.22. The number of nitrogens with two attached hydrogens (primary N) is 1. The number of morpholine rings is 1. The van der Waals surface area contributed by atoms with E-state index in [-0.39, 0.29) is 5.91 Å². The largest absolute Gasteiger partial charge is 0.379 e. The molecule has 0 aliphatic carbocycles. The summed E-state index contributed by atoms with van der Waals surface area (Å²) in [6.45, 7) is 3.64. The molecule has 1 aromatic rings. The summed E-state index contributed by atoms with van der Waals surface area (Å²) >= 11 is 0. The first-order chi connectivity index (χ1) is 8.29. The molecule has 0 aromatic carbocycles. The maximum atomic E-state index is 11.8. The van der Waals surface area contributed by atoms with Gasteiger partial charge in [0, 0.05) is 19.6 Å². The Morgan fingerprint density at radius 2 is 2.29 bits per heavy atom. The number of rotatable bonds is 4. The molecule has 1 fully saturated rings. The maximum absolute atomic E-state index is 11.8. The van der Waals surface area contributed by atoms with Crippen molar-refractivity contribution in [1.29, 1.82) is 0 Å². The quantitative estimate of drug-likeness (QED) is 0.645. The molecular formula is C9H16N6O2. The Morgan fingerprint density at radius 3 is 3.00 bits per heavy atom. The fraction of sp³-hybridized carbons (Fsp3) is 0.667. The molecule has 1 aromatic heterocycles. The summed E-state index contributed by atoms with van der Waals surface area (Å²) in [6.07, 6.45) is 1.59. The van der Waals surface area contributed by atoms with Crippen molar-refractivity contribution in [1.82, 2.24) is 25.4 Å². The molecule has 0 radical (unpaired) electrons. The first kappa shape index (κ1) is 12.0. The Kier molecular flexibility index (Phi) is 4.02. The number of ether oxygens (including phenoxy) is 1. The monoisotopic (exact) mass is 240 g/mol. The van der Waals surface area contributed by atoms with E-state index in [0.717, 1.165) is 0 Å².